The summed E-state index contributed by atoms with van der Waals surface area (Å²) < 4.78 is 49.3. The van der Waals surface area contributed by atoms with Gasteiger partial charge in [0.15, 0.2) is 0 Å². The van der Waals surface area contributed by atoms with Crippen LogP contribution in [0.5, 0.6) is 0 Å². The highest BCUT2D eigenvalue weighted by Gasteiger charge is 2.27. The van der Waals surface area contributed by atoms with Crippen LogP contribution in [0.25, 0.3) is 0 Å². The second kappa shape index (κ2) is 6.01. The highest BCUT2D eigenvalue weighted by Crippen LogP contribution is 2.21. The number of sulfonamides is 1. The Morgan fingerprint density at radius 3 is 1.75 bits per heavy atom. The Morgan fingerprint density at radius 2 is 1.40 bits per heavy atom. The predicted octanol–water partition coefficient (Wildman–Crippen LogP) is 2.47. The van der Waals surface area contributed by atoms with Crippen molar-refractivity contribution in [2.75, 3.05) is 0 Å². The minimum atomic E-state index is -3.85. The molecular formula is C12H18ClNO4S2. The summed E-state index contributed by atoms with van der Waals surface area (Å²) in [6, 6.07) is 4.80. The lowest BCUT2D eigenvalue weighted by Gasteiger charge is -2.27. The lowest BCUT2D eigenvalue weighted by molar-refractivity contribution is 0.388. The molecule has 0 spiro atoms. The molecule has 0 bridgehead atoms. The van der Waals surface area contributed by atoms with Crippen molar-refractivity contribution in [2.45, 2.75) is 48.9 Å². The molecule has 20 heavy (non-hydrogen) atoms. The summed E-state index contributed by atoms with van der Waals surface area (Å²) >= 11 is 0. The van der Waals surface area contributed by atoms with Gasteiger partial charge >= 0.3 is 0 Å². The van der Waals surface area contributed by atoms with Crippen molar-refractivity contribution < 1.29 is 16.8 Å². The van der Waals surface area contributed by atoms with Gasteiger partial charge in [-0.3, -0.25) is 0 Å². The van der Waals surface area contributed by atoms with E-state index in [1.807, 2.05) is 20.8 Å². The fraction of sp³-hybridized carbons (Fsp3) is 0.500. The van der Waals surface area contributed by atoms with Gasteiger partial charge in [0.2, 0.25) is 10.0 Å². The Balaban J connectivity index is 3.12. The summed E-state index contributed by atoms with van der Waals surface area (Å²) in [5.74, 6) is 0. The van der Waals surface area contributed by atoms with Gasteiger partial charge in [-0.25, -0.2) is 21.6 Å². The number of hydrogen-bond donors (Lipinski definition) is 1. The molecule has 8 heteroatoms. The number of rotatable bonds is 6. The monoisotopic (exact) mass is 339 g/mol. The second-order valence-corrected chi connectivity index (χ2v) is 9.03. The van der Waals surface area contributed by atoms with Crippen LogP contribution in [0.4, 0.5) is 0 Å². The van der Waals surface area contributed by atoms with Crippen LogP contribution >= 0.6 is 10.7 Å². The maximum absolute atomic E-state index is 12.2. The van der Waals surface area contributed by atoms with Gasteiger partial charge in [0.25, 0.3) is 9.05 Å². The van der Waals surface area contributed by atoms with Gasteiger partial charge in [0, 0.05) is 16.2 Å². The molecule has 1 aromatic rings. The first-order chi connectivity index (χ1) is 9.04. The van der Waals surface area contributed by atoms with Gasteiger partial charge in [0.1, 0.15) is 0 Å². The first-order valence-corrected chi connectivity index (χ1v) is 9.92. The van der Waals surface area contributed by atoms with E-state index in [4.69, 9.17) is 10.7 Å². The normalized spacial score (nSPS) is 13.4. The van der Waals surface area contributed by atoms with E-state index in [0.717, 1.165) is 0 Å². The average molecular weight is 340 g/mol. The Hall–Kier alpha value is -0.630. The predicted molar refractivity (Wildman–Crippen MR) is 78.8 cm³/mol. The van der Waals surface area contributed by atoms with Crippen LogP contribution in [-0.2, 0) is 19.1 Å². The van der Waals surface area contributed by atoms with E-state index in [-0.39, 0.29) is 9.79 Å². The molecule has 1 rings (SSSR count). The molecular weight excluding hydrogens is 322 g/mol. The molecule has 0 aliphatic rings. The summed E-state index contributed by atoms with van der Waals surface area (Å²) in [6.45, 7) is 5.62. The summed E-state index contributed by atoms with van der Waals surface area (Å²) in [6.07, 6.45) is 1.30. The van der Waals surface area contributed by atoms with Crippen molar-refractivity contribution in [3.63, 3.8) is 0 Å². The van der Waals surface area contributed by atoms with Gasteiger partial charge in [-0.15, -0.1) is 0 Å². The van der Waals surface area contributed by atoms with Crippen LogP contribution in [0, 0.1) is 0 Å². The average Bonchev–Trinajstić information content (AvgIpc) is 2.37. The Kier molecular flexibility index (Phi) is 5.23. The minimum absolute atomic E-state index is 0.00897. The molecule has 0 aliphatic heterocycles. The van der Waals surface area contributed by atoms with Crippen LogP contribution in [0.15, 0.2) is 34.1 Å². The Labute approximate surface area is 124 Å². The third-order valence-electron chi connectivity index (χ3n) is 3.36. The van der Waals surface area contributed by atoms with Crippen LogP contribution in [0.3, 0.4) is 0 Å². The lowest BCUT2D eigenvalue weighted by Crippen LogP contribution is -2.44. The minimum Gasteiger partial charge on any atom is -0.207 e. The van der Waals surface area contributed by atoms with Crippen LogP contribution in [-0.4, -0.2) is 22.4 Å². The molecule has 0 radical (unpaired) electrons. The fourth-order valence-corrected chi connectivity index (χ4v) is 3.88. The molecule has 0 unspecified atom stereocenters. The second-order valence-electron chi connectivity index (χ2n) is 4.78. The third kappa shape index (κ3) is 4.18. The van der Waals surface area contributed by atoms with E-state index in [9.17, 15) is 16.8 Å². The molecule has 0 saturated heterocycles. The molecule has 0 heterocycles. The molecule has 114 valence electrons. The molecule has 1 N–H and O–H groups in total. The SMILES string of the molecule is CCC(C)(CC)NS(=O)(=O)c1ccc(S(=O)(=O)Cl)cc1. The number of halogens is 1. The molecule has 5 nitrogen and oxygen atoms in total. The van der Waals surface area contributed by atoms with Crippen molar-refractivity contribution in [1.82, 2.24) is 4.72 Å². The molecule has 0 amide bonds. The zero-order valence-corrected chi connectivity index (χ0v) is 13.9. The summed E-state index contributed by atoms with van der Waals surface area (Å²) in [5.41, 5.74) is -0.532. The Bertz CT molecular complexity index is 662. The van der Waals surface area contributed by atoms with Crippen molar-refractivity contribution in [2.24, 2.45) is 0 Å². The zero-order valence-electron chi connectivity index (χ0n) is 11.6. The van der Waals surface area contributed by atoms with E-state index < -0.39 is 24.6 Å². The Morgan fingerprint density at radius 1 is 1.00 bits per heavy atom. The molecule has 0 atom stereocenters. The molecule has 1 aromatic carbocycles. The van der Waals surface area contributed by atoms with Crippen LogP contribution < -0.4 is 4.72 Å². The summed E-state index contributed by atoms with van der Waals surface area (Å²) in [7, 11) is -2.36. The van der Waals surface area contributed by atoms with E-state index in [2.05, 4.69) is 4.72 Å². The zero-order chi connectivity index (χ0) is 15.6. The molecule has 0 aromatic heterocycles. The molecule has 0 fully saturated rings. The molecule has 0 saturated carbocycles. The van der Waals surface area contributed by atoms with Crippen molar-refractivity contribution in [3.05, 3.63) is 24.3 Å². The summed E-state index contributed by atoms with van der Waals surface area (Å²) in [4.78, 5) is -0.124. The first-order valence-electron chi connectivity index (χ1n) is 6.13. The van der Waals surface area contributed by atoms with Crippen molar-refractivity contribution in [1.29, 1.82) is 0 Å². The topological polar surface area (TPSA) is 80.3 Å². The van der Waals surface area contributed by atoms with Crippen molar-refractivity contribution in [3.8, 4) is 0 Å². The van der Waals surface area contributed by atoms with Gasteiger partial charge in [-0.1, -0.05) is 13.8 Å². The molecule has 0 aliphatic carbocycles. The maximum atomic E-state index is 12.2. The van der Waals surface area contributed by atoms with Gasteiger partial charge in [-0.2, -0.15) is 0 Å². The highest BCUT2D eigenvalue weighted by atomic mass is 35.7. The summed E-state index contributed by atoms with van der Waals surface area (Å²) in [5, 5.41) is 0. The van der Waals surface area contributed by atoms with Gasteiger partial charge in [-0.05, 0) is 44.0 Å². The van der Waals surface area contributed by atoms with E-state index in [1.165, 1.54) is 24.3 Å². The van der Waals surface area contributed by atoms with Crippen LogP contribution in [0.1, 0.15) is 33.6 Å². The van der Waals surface area contributed by atoms with E-state index >= 15 is 0 Å². The fourth-order valence-electron chi connectivity index (χ4n) is 1.56. The lowest BCUT2D eigenvalue weighted by atomic mass is 9.98. The third-order valence-corrected chi connectivity index (χ3v) is 6.38. The highest BCUT2D eigenvalue weighted by molar-refractivity contribution is 8.13. The standard InChI is InChI=1S/C12H18ClNO4S2/c1-4-12(3,5-2)14-20(17,18)11-8-6-10(7-9-11)19(13,15)16/h6-9,14H,4-5H2,1-3H3. The van der Waals surface area contributed by atoms with Crippen molar-refractivity contribution >= 4 is 29.8 Å². The largest absolute Gasteiger partial charge is 0.261 e. The van der Waals surface area contributed by atoms with E-state index in [0.29, 0.717) is 12.8 Å². The first kappa shape index (κ1) is 17.4. The maximum Gasteiger partial charge on any atom is 0.261 e. The van der Waals surface area contributed by atoms with Gasteiger partial charge < -0.3 is 0 Å². The van der Waals surface area contributed by atoms with Gasteiger partial charge in [0.05, 0.1) is 9.79 Å². The number of hydrogen-bond acceptors (Lipinski definition) is 4. The number of benzene rings is 1. The quantitative estimate of drug-likeness (QED) is 0.807. The van der Waals surface area contributed by atoms with E-state index in [1.54, 1.807) is 0 Å². The van der Waals surface area contributed by atoms with Crippen LogP contribution in [0.2, 0.25) is 0 Å². The smallest absolute Gasteiger partial charge is 0.207 e. The number of nitrogens with one attached hydrogen (secondary N) is 1.